The Hall–Kier alpha value is -1.10. The fourth-order valence-corrected chi connectivity index (χ4v) is 1.46. The third-order valence-electron chi connectivity index (χ3n) is 2.67. The Bertz CT molecular complexity index is 320. The molecule has 0 spiro atoms. The van der Waals surface area contributed by atoms with E-state index in [1.165, 1.54) is 0 Å². The molecule has 1 aliphatic rings. The molecule has 0 fully saturated rings. The second-order valence-electron chi connectivity index (χ2n) is 5.31. The zero-order valence-corrected chi connectivity index (χ0v) is 10.8. The number of nitrogens with zero attached hydrogens (tertiary/aromatic N) is 1. The second kappa shape index (κ2) is 4.05. The number of aliphatic imine (C=N–C) groups is 1. The van der Waals surface area contributed by atoms with Crippen LogP contribution in [0.4, 0.5) is 0 Å². The summed E-state index contributed by atoms with van der Waals surface area (Å²) in [7, 11) is 1.58. The van der Waals surface area contributed by atoms with E-state index < -0.39 is 5.54 Å². The highest BCUT2D eigenvalue weighted by molar-refractivity contribution is 6.07. The van der Waals surface area contributed by atoms with Crippen LogP contribution in [0.2, 0.25) is 0 Å². The average molecular weight is 227 g/mol. The molecule has 1 aliphatic heterocycles. The lowest BCUT2D eigenvalue weighted by atomic mass is 9.97. The quantitative estimate of drug-likeness (QED) is 0.728. The monoisotopic (exact) mass is 227 g/mol. The lowest BCUT2D eigenvalue weighted by Gasteiger charge is -2.24. The highest BCUT2D eigenvalue weighted by atomic mass is 16.5. The first-order valence-corrected chi connectivity index (χ1v) is 5.41. The van der Waals surface area contributed by atoms with Crippen molar-refractivity contribution in [2.45, 2.75) is 51.8 Å². The van der Waals surface area contributed by atoms with Crippen molar-refractivity contribution in [3.8, 4) is 0 Å². The van der Waals surface area contributed by atoms with Gasteiger partial charge < -0.3 is 10.1 Å². The van der Waals surface area contributed by atoms with Crippen LogP contribution >= 0.6 is 0 Å². The zero-order chi connectivity index (χ0) is 12.6. The van der Waals surface area contributed by atoms with Crippen molar-refractivity contribution in [1.29, 1.82) is 0 Å². The number of carbonyl (C=O) groups excluding carboxylic acids is 1. The van der Waals surface area contributed by atoms with Gasteiger partial charge in [0.05, 0.1) is 6.10 Å². The molecule has 0 radical (unpaired) electrons. The maximum Gasteiger partial charge on any atom is 0.257 e. The minimum absolute atomic E-state index is 0.131. The maximum absolute atomic E-state index is 11.8. The zero-order valence-electron chi connectivity index (χ0n) is 10.8. The summed E-state index contributed by atoms with van der Waals surface area (Å²) in [4.78, 5) is 16.2. The molecule has 0 bridgehead atoms. The van der Waals surface area contributed by atoms with E-state index in [-0.39, 0.29) is 17.6 Å². The minimum Gasteiger partial charge on any atom is -0.379 e. The molecule has 0 saturated carbocycles. The normalized spacial score (nSPS) is 27.4. The van der Waals surface area contributed by atoms with Crippen LogP contribution < -0.4 is 10.6 Å². The third kappa shape index (κ3) is 2.52. The summed E-state index contributed by atoms with van der Waals surface area (Å²) in [6, 6.07) is 0. The van der Waals surface area contributed by atoms with Crippen LogP contribution in [-0.2, 0) is 9.53 Å². The topological polar surface area (TPSA) is 62.7 Å². The lowest BCUT2D eigenvalue weighted by Crippen LogP contribution is -2.49. The number of rotatable bonds is 2. The summed E-state index contributed by atoms with van der Waals surface area (Å²) in [5.74, 6) is 0.387. The molecule has 0 aromatic heterocycles. The molecular weight excluding hydrogens is 206 g/mol. The van der Waals surface area contributed by atoms with E-state index in [9.17, 15) is 4.79 Å². The number of amides is 1. The summed E-state index contributed by atoms with van der Waals surface area (Å²) in [6.07, 6.45) is -0.258. The largest absolute Gasteiger partial charge is 0.379 e. The van der Waals surface area contributed by atoms with Gasteiger partial charge in [-0.05, 0) is 34.6 Å². The summed E-state index contributed by atoms with van der Waals surface area (Å²) in [6.45, 7) is 9.64. The van der Waals surface area contributed by atoms with E-state index in [0.717, 1.165) is 0 Å². The first kappa shape index (κ1) is 13.0. The van der Waals surface area contributed by atoms with Crippen LogP contribution in [0.5, 0.6) is 0 Å². The van der Waals surface area contributed by atoms with Crippen molar-refractivity contribution >= 4 is 11.9 Å². The Morgan fingerprint density at radius 2 is 2.06 bits per heavy atom. The molecule has 16 heavy (non-hydrogen) atoms. The summed E-state index contributed by atoms with van der Waals surface area (Å²) in [5, 5.41) is 5.88. The average Bonchev–Trinajstić information content (AvgIpc) is 2.39. The summed E-state index contributed by atoms with van der Waals surface area (Å²) < 4.78 is 5.19. The van der Waals surface area contributed by atoms with Crippen LogP contribution in [0, 0.1) is 0 Å². The molecule has 1 amide bonds. The molecule has 5 heteroatoms. The molecule has 2 unspecified atom stereocenters. The number of carbonyl (C=O) groups is 1. The van der Waals surface area contributed by atoms with Crippen LogP contribution in [0.15, 0.2) is 4.99 Å². The molecule has 0 saturated heterocycles. The first-order valence-electron chi connectivity index (χ1n) is 5.41. The Kier molecular flexibility index (Phi) is 3.28. The molecule has 0 aromatic rings. The Balaban J connectivity index is 2.87. The smallest absolute Gasteiger partial charge is 0.257 e. The van der Waals surface area contributed by atoms with Gasteiger partial charge in [0.2, 0.25) is 0 Å². The standard InChI is InChI=1S/C11H21N3O2/c1-7(16-6)11(5)8(15)12-9(14-11)13-10(2,3)4/h7H,1-6H3,(H2,12,13,14,15). The van der Waals surface area contributed by atoms with Gasteiger partial charge in [-0.2, -0.15) is 0 Å². The molecule has 1 heterocycles. The molecule has 0 aromatic carbocycles. The van der Waals surface area contributed by atoms with Crippen LogP contribution in [0.1, 0.15) is 34.6 Å². The number of hydrogen-bond donors (Lipinski definition) is 2. The van der Waals surface area contributed by atoms with Crippen LogP contribution in [-0.4, -0.2) is 36.2 Å². The molecule has 2 atom stereocenters. The van der Waals surface area contributed by atoms with E-state index in [1.807, 2.05) is 27.7 Å². The van der Waals surface area contributed by atoms with Gasteiger partial charge in [-0.15, -0.1) is 0 Å². The molecule has 92 valence electrons. The highest BCUT2D eigenvalue weighted by Crippen LogP contribution is 2.22. The SMILES string of the molecule is COC(C)C1(C)N=C(NC(C)(C)C)NC1=O. The first-order chi connectivity index (χ1) is 7.19. The predicted octanol–water partition coefficient (Wildman–Crippen LogP) is 0.654. The number of guanidine groups is 1. The third-order valence-corrected chi connectivity index (χ3v) is 2.67. The van der Waals surface area contributed by atoms with Gasteiger partial charge in [0, 0.05) is 12.6 Å². The Labute approximate surface area is 96.7 Å². The van der Waals surface area contributed by atoms with Crippen molar-refractivity contribution in [3.63, 3.8) is 0 Å². The van der Waals surface area contributed by atoms with E-state index in [0.29, 0.717) is 5.96 Å². The number of hydrogen-bond acceptors (Lipinski definition) is 4. The fraction of sp³-hybridized carbons (Fsp3) is 0.818. The minimum atomic E-state index is -0.845. The van der Waals surface area contributed by atoms with Gasteiger partial charge in [-0.3, -0.25) is 10.1 Å². The molecular formula is C11H21N3O2. The van der Waals surface area contributed by atoms with Gasteiger partial charge in [0.15, 0.2) is 11.5 Å². The highest BCUT2D eigenvalue weighted by Gasteiger charge is 2.44. The number of nitrogens with one attached hydrogen (secondary N) is 2. The molecule has 1 rings (SSSR count). The molecule has 2 N–H and O–H groups in total. The van der Waals surface area contributed by atoms with Gasteiger partial charge in [-0.25, -0.2) is 4.99 Å². The number of methoxy groups -OCH3 is 1. The predicted molar refractivity (Wildman–Crippen MR) is 63.3 cm³/mol. The second-order valence-corrected chi connectivity index (χ2v) is 5.31. The van der Waals surface area contributed by atoms with Crippen molar-refractivity contribution in [2.75, 3.05) is 7.11 Å². The van der Waals surface area contributed by atoms with Gasteiger partial charge in [0.25, 0.3) is 5.91 Å². The maximum atomic E-state index is 11.8. The molecule has 5 nitrogen and oxygen atoms in total. The van der Waals surface area contributed by atoms with Gasteiger partial charge >= 0.3 is 0 Å². The van der Waals surface area contributed by atoms with E-state index in [4.69, 9.17) is 4.74 Å². The van der Waals surface area contributed by atoms with Crippen LogP contribution in [0.25, 0.3) is 0 Å². The van der Waals surface area contributed by atoms with Crippen molar-refractivity contribution in [2.24, 2.45) is 4.99 Å². The summed E-state index contributed by atoms with van der Waals surface area (Å²) >= 11 is 0. The number of ether oxygens (including phenoxy) is 1. The van der Waals surface area contributed by atoms with E-state index in [1.54, 1.807) is 14.0 Å². The van der Waals surface area contributed by atoms with Crippen LogP contribution in [0.3, 0.4) is 0 Å². The van der Waals surface area contributed by atoms with E-state index >= 15 is 0 Å². The summed E-state index contributed by atoms with van der Waals surface area (Å²) in [5.41, 5.74) is -0.976. The Morgan fingerprint density at radius 1 is 1.50 bits per heavy atom. The van der Waals surface area contributed by atoms with Gasteiger partial charge in [-0.1, -0.05) is 0 Å². The Morgan fingerprint density at radius 3 is 2.50 bits per heavy atom. The van der Waals surface area contributed by atoms with Crippen molar-refractivity contribution in [1.82, 2.24) is 10.6 Å². The lowest BCUT2D eigenvalue weighted by molar-refractivity contribution is -0.127. The van der Waals surface area contributed by atoms with E-state index in [2.05, 4.69) is 15.6 Å². The van der Waals surface area contributed by atoms with Crippen molar-refractivity contribution < 1.29 is 9.53 Å². The van der Waals surface area contributed by atoms with Gasteiger partial charge in [0.1, 0.15) is 0 Å². The fourth-order valence-electron chi connectivity index (χ4n) is 1.46. The van der Waals surface area contributed by atoms with Crippen molar-refractivity contribution in [3.05, 3.63) is 0 Å². The molecule has 0 aliphatic carbocycles.